The second-order valence-electron chi connectivity index (χ2n) is 8.24. The molecule has 0 unspecified atom stereocenters. The van der Waals surface area contributed by atoms with Gasteiger partial charge in [-0.15, -0.1) is 11.3 Å². The molecule has 3 N–H and O–H groups in total. The Morgan fingerprint density at radius 1 is 1.33 bits per heavy atom. The van der Waals surface area contributed by atoms with Crippen LogP contribution in [0.25, 0.3) is 0 Å². The molecule has 2 aliphatic rings. The highest BCUT2D eigenvalue weighted by Gasteiger charge is 2.37. The van der Waals surface area contributed by atoms with Gasteiger partial charge in [0.25, 0.3) is 5.91 Å². The normalized spacial score (nSPS) is 21.9. The number of hydrogen-bond donors (Lipinski definition) is 3. The molecule has 0 radical (unpaired) electrons. The molecule has 0 saturated heterocycles. The van der Waals surface area contributed by atoms with Crippen LogP contribution < -0.4 is 10.6 Å². The summed E-state index contributed by atoms with van der Waals surface area (Å²) in [5.41, 5.74) is 3.02. The van der Waals surface area contributed by atoms with Gasteiger partial charge in [-0.2, -0.15) is 0 Å². The Labute approximate surface area is 172 Å². The number of phenolic OH excluding ortho intramolecular Hbond substituents is 1. The van der Waals surface area contributed by atoms with Gasteiger partial charge in [0.05, 0.1) is 5.56 Å². The molecule has 0 fully saturated rings. The zero-order valence-corrected chi connectivity index (χ0v) is 18.3. The van der Waals surface area contributed by atoms with Crippen molar-refractivity contribution in [1.82, 2.24) is 5.32 Å². The number of thiophene rings is 1. The summed E-state index contributed by atoms with van der Waals surface area (Å²) in [4.78, 5) is 14.2. The Hall–Kier alpha value is -1.53. The number of phenols is 1. The molecule has 1 aromatic heterocycles. The molecule has 0 spiro atoms. The van der Waals surface area contributed by atoms with Crippen LogP contribution in [-0.2, 0) is 12.8 Å². The van der Waals surface area contributed by atoms with Crippen molar-refractivity contribution < 1.29 is 9.90 Å². The second-order valence-corrected chi connectivity index (χ2v) is 10.3. The van der Waals surface area contributed by atoms with Crippen LogP contribution in [0.3, 0.4) is 0 Å². The minimum Gasteiger partial charge on any atom is -0.508 e. The molecule has 144 valence electrons. The van der Waals surface area contributed by atoms with Crippen LogP contribution in [0.1, 0.15) is 66.1 Å². The number of anilines is 1. The smallest absolute Gasteiger partial charge is 0.256 e. The van der Waals surface area contributed by atoms with E-state index in [2.05, 4.69) is 47.3 Å². The predicted octanol–water partition coefficient (Wildman–Crippen LogP) is 5.61. The molecular formula is C21H25BrN2O2S. The fourth-order valence-corrected chi connectivity index (χ4v) is 5.90. The average Bonchev–Trinajstić information content (AvgIpc) is 3.01. The molecule has 0 bridgehead atoms. The highest BCUT2D eigenvalue weighted by molar-refractivity contribution is 9.10. The first-order valence-corrected chi connectivity index (χ1v) is 11.1. The zero-order valence-electron chi connectivity index (χ0n) is 15.9. The van der Waals surface area contributed by atoms with Crippen molar-refractivity contribution in [2.75, 3.05) is 5.32 Å². The number of carbonyl (C=O) groups excluding carboxylic acids is 1. The standard InChI is InChI=1S/C21H25BrN2O2S/c1-4-21(2,3)11-5-7-13-16(9-11)27-20-17(13)19(26)23-18(24-20)14-10-12(22)6-8-15(14)25/h6,8,10-11,18,24-25H,4-5,7,9H2,1-3H3,(H,23,26)/t11-,18-/m1/s1. The van der Waals surface area contributed by atoms with Gasteiger partial charge in [0.15, 0.2) is 0 Å². The minimum atomic E-state index is -0.425. The number of hydrogen-bond acceptors (Lipinski definition) is 4. The Morgan fingerprint density at radius 3 is 2.85 bits per heavy atom. The Balaban J connectivity index is 1.66. The van der Waals surface area contributed by atoms with Gasteiger partial charge >= 0.3 is 0 Å². The first-order chi connectivity index (χ1) is 12.8. The lowest BCUT2D eigenvalue weighted by Crippen LogP contribution is -2.38. The number of carbonyl (C=O) groups is 1. The summed E-state index contributed by atoms with van der Waals surface area (Å²) in [6, 6.07) is 5.26. The number of halogens is 1. The van der Waals surface area contributed by atoms with E-state index in [1.807, 2.05) is 6.07 Å². The van der Waals surface area contributed by atoms with E-state index < -0.39 is 6.17 Å². The molecule has 1 aliphatic carbocycles. The average molecular weight is 449 g/mol. The first-order valence-electron chi connectivity index (χ1n) is 9.50. The van der Waals surface area contributed by atoms with Gasteiger partial charge in [-0.05, 0) is 54.4 Å². The lowest BCUT2D eigenvalue weighted by molar-refractivity contribution is 0.0934. The maximum absolute atomic E-state index is 12.9. The van der Waals surface area contributed by atoms with E-state index in [0.717, 1.165) is 34.3 Å². The number of aromatic hydroxyl groups is 1. The summed E-state index contributed by atoms with van der Waals surface area (Å²) in [5, 5.41) is 17.6. The van der Waals surface area contributed by atoms with Gasteiger partial charge in [0.1, 0.15) is 16.9 Å². The van der Waals surface area contributed by atoms with E-state index in [1.165, 1.54) is 16.9 Å². The van der Waals surface area contributed by atoms with Gasteiger partial charge in [0.2, 0.25) is 0 Å². The van der Waals surface area contributed by atoms with E-state index in [0.29, 0.717) is 16.9 Å². The maximum atomic E-state index is 12.9. The molecule has 1 amide bonds. The first kappa shape index (κ1) is 18.8. The van der Waals surface area contributed by atoms with Crippen molar-refractivity contribution in [2.45, 2.75) is 52.6 Å². The highest BCUT2D eigenvalue weighted by atomic mass is 79.9. The summed E-state index contributed by atoms with van der Waals surface area (Å²) in [6.07, 6.45) is 3.90. The molecule has 2 atom stereocenters. The summed E-state index contributed by atoms with van der Waals surface area (Å²) in [5.74, 6) is 0.785. The molecule has 27 heavy (non-hydrogen) atoms. The van der Waals surface area contributed by atoms with Crippen molar-refractivity contribution in [2.24, 2.45) is 11.3 Å². The summed E-state index contributed by atoms with van der Waals surface area (Å²) >= 11 is 5.15. The van der Waals surface area contributed by atoms with Crippen molar-refractivity contribution >= 4 is 38.2 Å². The monoisotopic (exact) mass is 448 g/mol. The highest BCUT2D eigenvalue weighted by Crippen LogP contribution is 2.47. The third-order valence-corrected chi connectivity index (χ3v) is 8.04. The van der Waals surface area contributed by atoms with Crippen LogP contribution in [0, 0.1) is 11.3 Å². The summed E-state index contributed by atoms with van der Waals surface area (Å²) < 4.78 is 0.868. The molecule has 4 rings (SSSR count). The molecule has 2 aromatic rings. The number of rotatable bonds is 3. The number of nitrogens with one attached hydrogen (secondary N) is 2. The lowest BCUT2D eigenvalue weighted by Gasteiger charge is -2.36. The third-order valence-electron chi connectivity index (χ3n) is 6.36. The fourth-order valence-electron chi connectivity index (χ4n) is 4.17. The molecule has 2 heterocycles. The number of amides is 1. The minimum absolute atomic E-state index is 0.0428. The van der Waals surface area contributed by atoms with Gasteiger partial charge in [0, 0.05) is 14.9 Å². The zero-order chi connectivity index (χ0) is 19.3. The number of fused-ring (bicyclic) bond motifs is 3. The van der Waals surface area contributed by atoms with Crippen molar-refractivity contribution in [1.29, 1.82) is 0 Å². The van der Waals surface area contributed by atoms with E-state index in [4.69, 9.17) is 0 Å². The largest absolute Gasteiger partial charge is 0.508 e. The van der Waals surface area contributed by atoms with Crippen LogP contribution in [0.4, 0.5) is 5.00 Å². The molecular weight excluding hydrogens is 424 g/mol. The SMILES string of the molecule is CCC(C)(C)[C@@H]1CCc2c(sc3c2C(=O)N[C@@H](c2cc(Br)ccc2O)N3)C1. The van der Waals surface area contributed by atoms with E-state index in [9.17, 15) is 9.90 Å². The van der Waals surface area contributed by atoms with Gasteiger partial charge in [-0.3, -0.25) is 4.79 Å². The van der Waals surface area contributed by atoms with Gasteiger partial charge < -0.3 is 15.7 Å². The summed E-state index contributed by atoms with van der Waals surface area (Å²) in [6.45, 7) is 6.97. The van der Waals surface area contributed by atoms with Crippen molar-refractivity contribution in [3.05, 3.63) is 44.2 Å². The predicted molar refractivity (Wildman–Crippen MR) is 114 cm³/mol. The van der Waals surface area contributed by atoms with E-state index >= 15 is 0 Å². The number of benzene rings is 1. The molecule has 6 heteroatoms. The van der Waals surface area contributed by atoms with Crippen LogP contribution in [0.5, 0.6) is 5.75 Å². The van der Waals surface area contributed by atoms with Crippen LogP contribution in [0.15, 0.2) is 22.7 Å². The third kappa shape index (κ3) is 3.27. The van der Waals surface area contributed by atoms with Crippen molar-refractivity contribution in [3.8, 4) is 5.75 Å². The fraction of sp³-hybridized carbons (Fsp3) is 0.476. The van der Waals surface area contributed by atoms with Crippen LogP contribution in [0.2, 0.25) is 0 Å². The molecule has 1 aromatic carbocycles. The van der Waals surface area contributed by atoms with E-state index in [-0.39, 0.29) is 11.7 Å². The molecule has 1 aliphatic heterocycles. The maximum Gasteiger partial charge on any atom is 0.256 e. The topological polar surface area (TPSA) is 61.4 Å². The van der Waals surface area contributed by atoms with Crippen LogP contribution in [-0.4, -0.2) is 11.0 Å². The lowest BCUT2D eigenvalue weighted by atomic mass is 9.69. The van der Waals surface area contributed by atoms with Crippen molar-refractivity contribution in [3.63, 3.8) is 0 Å². The molecule has 0 saturated carbocycles. The Kier molecular flexibility index (Phi) is 4.75. The molecule has 4 nitrogen and oxygen atoms in total. The summed E-state index contributed by atoms with van der Waals surface area (Å²) in [7, 11) is 0. The Morgan fingerprint density at radius 2 is 2.11 bits per heavy atom. The quantitative estimate of drug-likeness (QED) is 0.571. The van der Waals surface area contributed by atoms with Crippen LogP contribution >= 0.6 is 27.3 Å². The van der Waals surface area contributed by atoms with Gasteiger partial charge in [-0.25, -0.2) is 0 Å². The van der Waals surface area contributed by atoms with E-state index in [1.54, 1.807) is 23.5 Å². The second kappa shape index (κ2) is 6.82. The Bertz CT molecular complexity index is 906. The van der Waals surface area contributed by atoms with Gasteiger partial charge in [-0.1, -0.05) is 43.1 Å².